The average Bonchev–Trinajstić information content (AvgIpc) is 2.08. The van der Waals surface area contributed by atoms with Crippen molar-refractivity contribution >= 4 is 39.1 Å². The van der Waals surface area contributed by atoms with Crippen LogP contribution in [-0.4, -0.2) is 4.83 Å². The van der Waals surface area contributed by atoms with Gasteiger partial charge in [0, 0.05) is 4.83 Å². The lowest BCUT2D eigenvalue weighted by Gasteiger charge is -2.14. The van der Waals surface area contributed by atoms with Crippen molar-refractivity contribution in [2.24, 2.45) is 0 Å². The summed E-state index contributed by atoms with van der Waals surface area (Å²) < 4.78 is 0. The van der Waals surface area contributed by atoms with Crippen LogP contribution in [0.5, 0.6) is 0 Å². The molecule has 0 N–H and O–H groups in total. The molecule has 0 radical (unpaired) electrons. The smallest absolute Gasteiger partial charge is 0.0595 e. The molecule has 0 amide bonds. The van der Waals surface area contributed by atoms with E-state index in [0.717, 1.165) is 0 Å². The van der Waals surface area contributed by atoms with Gasteiger partial charge in [-0.05, 0) is 23.6 Å². The van der Waals surface area contributed by atoms with Crippen molar-refractivity contribution in [2.45, 2.75) is 24.6 Å². The van der Waals surface area contributed by atoms with Crippen LogP contribution in [0, 0.1) is 0 Å². The Kier molecular flexibility index (Phi) is 4.08. The number of benzene rings is 1. The zero-order chi connectivity index (χ0) is 10.0. The fraction of sp³-hybridized carbons (Fsp3) is 0.400. The van der Waals surface area contributed by atoms with E-state index in [-0.39, 0.29) is 0 Å². The molecule has 0 aliphatic carbocycles. The maximum absolute atomic E-state index is 5.92. The summed E-state index contributed by atoms with van der Waals surface area (Å²) in [7, 11) is 0. The lowest BCUT2D eigenvalue weighted by molar-refractivity contribution is 0.762. The molecule has 0 nitrogen and oxygen atoms in total. The second-order valence-electron chi connectivity index (χ2n) is 3.14. The summed E-state index contributed by atoms with van der Waals surface area (Å²) in [6.45, 7) is 4.27. The molecule has 0 aromatic heterocycles. The zero-order valence-corrected chi connectivity index (χ0v) is 10.6. The van der Waals surface area contributed by atoms with E-state index in [1.807, 2.05) is 18.2 Å². The molecule has 0 spiro atoms. The van der Waals surface area contributed by atoms with Gasteiger partial charge in [-0.3, -0.25) is 0 Å². The minimum atomic E-state index is 0.435. The van der Waals surface area contributed by atoms with Crippen LogP contribution in [0.1, 0.15) is 25.3 Å². The Balaban J connectivity index is 2.97. The fourth-order valence-electron chi connectivity index (χ4n) is 1.06. The Labute approximate surface area is 97.4 Å². The zero-order valence-electron chi connectivity index (χ0n) is 7.52. The standard InChI is InChI=1S/C10H11BrCl2/c1-6(7(2)11)8-3-4-9(12)10(13)5-8/h3-7H,1-2H3. The fourth-order valence-corrected chi connectivity index (χ4v) is 1.67. The van der Waals surface area contributed by atoms with E-state index < -0.39 is 0 Å². The van der Waals surface area contributed by atoms with E-state index in [2.05, 4.69) is 29.8 Å². The number of hydrogen-bond donors (Lipinski definition) is 0. The van der Waals surface area contributed by atoms with Gasteiger partial charge in [0.2, 0.25) is 0 Å². The molecule has 0 heterocycles. The third kappa shape index (κ3) is 2.87. The molecule has 1 aromatic carbocycles. The van der Waals surface area contributed by atoms with Crippen LogP contribution >= 0.6 is 39.1 Å². The number of alkyl halides is 1. The van der Waals surface area contributed by atoms with Crippen molar-refractivity contribution in [3.8, 4) is 0 Å². The predicted octanol–water partition coefficient (Wildman–Crippen LogP) is 4.88. The largest absolute Gasteiger partial charge is 0.0887 e. The highest BCUT2D eigenvalue weighted by Crippen LogP contribution is 2.29. The van der Waals surface area contributed by atoms with Gasteiger partial charge in [-0.15, -0.1) is 0 Å². The Morgan fingerprint density at radius 3 is 2.23 bits per heavy atom. The molecule has 0 bridgehead atoms. The minimum Gasteiger partial charge on any atom is -0.0887 e. The highest BCUT2D eigenvalue weighted by Gasteiger charge is 2.12. The first-order chi connectivity index (χ1) is 6.02. The summed E-state index contributed by atoms with van der Waals surface area (Å²) in [5.74, 6) is 0.440. The molecular formula is C10H11BrCl2. The Morgan fingerprint density at radius 1 is 1.15 bits per heavy atom. The van der Waals surface area contributed by atoms with Crippen LogP contribution < -0.4 is 0 Å². The predicted molar refractivity (Wildman–Crippen MR) is 63.3 cm³/mol. The molecule has 13 heavy (non-hydrogen) atoms. The minimum absolute atomic E-state index is 0.435. The molecule has 3 heteroatoms. The van der Waals surface area contributed by atoms with Crippen LogP contribution in [0.15, 0.2) is 18.2 Å². The maximum atomic E-state index is 5.92. The summed E-state index contributed by atoms with van der Waals surface area (Å²) in [6.07, 6.45) is 0. The molecule has 72 valence electrons. The molecule has 0 aliphatic heterocycles. The van der Waals surface area contributed by atoms with E-state index in [4.69, 9.17) is 23.2 Å². The topological polar surface area (TPSA) is 0 Å². The van der Waals surface area contributed by atoms with Gasteiger partial charge in [0.25, 0.3) is 0 Å². The summed E-state index contributed by atoms with van der Waals surface area (Å²) in [5, 5.41) is 1.24. The first kappa shape index (κ1) is 11.4. The first-order valence-electron chi connectivity index (χ1n) is 4.11. The Hall–Kier alpha value is 0.280. The summed E-state index contributed by atoms with van der Waals surface area (Å²) in [5.41, 5.74) is 1.21. The third-order valence-electron chi connectivity index (χ3n) is 2.16. The monoisotopic (exact) mass is 280 g/mol. The van der Waals surface area contributed by atoms with E-state index >= 15 is 0 Å². The normalized spacial score (nSPS) is 15.5. The quantitative estimate of drug-likeness (QED) is 0.678. The van der Waals surface area contributed by atoms with Gasteiger partial charge in [-0.2, -0.15) is 0 Å². The summed E-state index contributed by atoms with van der Waals surface area (Å²) >= 11 is 15.3. The second-order valence-corrected chi connectivity index (χ2v) is 5.40. The van der Waals surface area contributed by atoms with Gasteiger partial charge in [0.05, 0.1) is 10.0 Å². The Bertz CT molecular complexity index is 297. The van der Waals surface area contributed by atoms with Crippen molar-refractivity contribution in [3.63, 3.8) is 0 Å². The number of hydrogen-bond acceptors (Lipinski definition) is 0. The maximum Gasteiger partial charge on any atom is 0.0595 e. The van der Waals surface area contributed by atoms with Gasteiger partial charge in [-0.1, -0.05) is 59.0 Å². The van der Waals surface area contributed by atoms with E-state index in [1.54, 1.807) is 0 Å². The van der Waals surface area contributed by atoms with Gasteiger partial charge >= 0.3 is 0 Å². The molecule has 1 rings (SSSR count). The number of halogens is 3. The molecule has 0 saturated heterocycles. The van der Waals surface area contributed by atoms with Crippen molar-refractivity contribution < 1.29 is 0 Å². The van der Waals surface area contributed by atoms with Crippen molar-refractivity contribution in [1.82, 2.24) is 0 Å². The first-order valence-corrected chi connectivity index (χ1v) is 5.78. The molecule has 2 atom stereocenters. The van der Waals surface area contributed by atoms with Crippen LogP contribution in [-0.2, 0) is 0 Å². The van der Waals surface area contributed by atoms with Crippen molar-refractivity contribution in [2.75, 3.05) is 0 Å². The molecule has 2 unspecified atom stereocenters. The SMILES string of the molecule is CC(Br)C(C)c1ccc(Cl)c(Cl)c1. The summed E-state index contributed by atoms with van der Waals surface area (Å²) in [6, 6.07) is 5.77. The number of rotatable bonds is 2. The van der Waals surface area contributed by atoms with Crippen LogP contribution in [0.3, 0.4) is 0 Å². The molecule has 1 aromatic rings. The molecule has 0 fully saturated rings. The Morgan fingerprint density at radius 2 is 1.77 bits per heavy atom. The third-order valence-corrected chi connectivity index (χ3v) is 3.69. The van der Waals surface area contributed by atoms with Gasteiger partial charge in [0.15, 0.2) is 0 Å². The van der Waals surface area contributed by atoms with E-state index in [9.17, 15) is 0 Å². The van der Waals surface area contributed by atoms with E-state index in [1.165, 1.54) is 5.56 Å². The molecular weight excluding hydrogens is 271 g/mol. The van der Waals surface area contributed by atoms with E-state index in [0.29, 0.717) is 20.8 Å². The lowest BCUT2D eigenvalue weighted by Crippen LogP contribution is -2.03. The van der Waals surface area contributed by atoms with Crippen LogP contribution in [0.2, 0.25) is 10.0 Å². The molecule has 0 saturated carbocycles. The van der Waals surface area contributed by atoms with Crippen molar-refractivity contribution in [3.05, 3.63) is 33.8 Å². The van der Waals surface area contributed by atoms with Gasteiger partial charge in [-0.25, -0.2) is 0 Å². The average molecular weight is 282 g/mol. The molecule has 0 aliphatic rings. The van der Waals surface area contributed by atoms with Crippen LogP contribution in [0.4, 0.5) is 0 Å². The van der Waals surface area contributed by atoms with Gasteiger partial charge < -0.3 is 0 Å². The second kappa shape index (κ2) is 4.68. The van der Waals surface area contributed by atoms with Crippen molar-refractivity contribution in [1.29, 1.82) is 0 Å². The lowest BCUT2D eigenvalue weighted by atomic mass is 9.99. The van der Waals surface area contributed by atoms with Crippen LogP contribution in [0.25, 0.3) is 0 Å². The highest BCUT2D eigenvalue weighted by molar-refractivity contribution is 9.09. The van der Waals surface area contributed by atoms with Gasteiger partial charge in [0.1, 0.15) is 0 Å². The highest BCUT2D eigenvalue weighted by atomic mass is 79.9. The summed E-state index contributed by atoms with van der Waals surface area (Å²) in [4.78, 5) is 0.435.